The molecule has 392 valence electrons. The minimum Gasteiger partial charge on any atom is -0.493 e. The second kappa shape index (κ2) is 42.7. The van der Waals surface area contributed by atoms with Gasteiger partial charge < -0.3 is 5.53 Å². The van der Waals surface area contributed by atoms with E-state index in [4.69, 9.17) is 0 Å². The molecule has 0 saturated carbocycles. The Morgan fingerprint density at radius 1 is 0.324 bits per heavy atom. The topological polar surface area (TPSA) is 25.3 Å². The van der Waals surface area contributed by atoms with Crippen LogP contribution in [-0.2, 0) is 40.1 Å². The maximum atomic E-state index is 12.1. The molecular weight excluding hydrogens is 867 g/mol. The summed E-state index contributed by atoms with van der Waals surface area (Å²) in [6, 6.07) is 14.3. The van der Waals surface area contributed by atoms with Crippen LogP contribution in [0, 0.1) is 0 Å². The third kappa shape index (κ3) is 27.6. The predicted molar refractivity (Wildman–Crippen MR) is 302 cm³/mol. The summed E-state index contributed by atoms with van der Waals surface area (Å²) in [6.45, 7) is 18.2. The molecule has 2 nitrogen and oxygen atoms in total. The van der Waals surface area contributed by atoms with E-state index < -0.39 is 0 Å². The molecule has 0 amide bonds. The van der Waals surface area contributed by atoms with E-state index in [1.54, 1.807) is 4.70 Å². The molecule has 0 saturated heterocycles. The Bertz CT molecular complexity index is 1590. The molecule has 0 N–H and O–H groups in total. The van der Waals surface area contributed by atoms with Gasteiger partial charge in [-0.05, 0) is 118 Å². The summed E-state index contributed by atoms with van der Waals surface area (Å²) in [4.78, 5) is 0. The summed E-state index contributed by atoms with van der Waals surface area (Å²) in [6.07, 6.45) is 52.2. The number of hydrogen-bond acceptors (Lipinski definition) is 0. The van der Waals surface area contributed by atoms with Gasteiger partial charge in [-0.3, -0.25) is 0 Å². The van der Waals surface area contributed by atoms with E-state index >= 15 is 0 Å². The Morgan fingerprint density at radius 2 is 0.603 bits per heavy atom. The molecule has 68 heavy (non-hydrogen) atoms. The number of allylic oxidation sites excluding steroid dienone is 2. The van der Waals surface area contributed by atoms with Gasteiger partial charge in [-0.15, -0.1) is 0 Å². The molecular formula is C65H112N2Ni. The molecule has 1 aliphatic rings. The van der Waals surface area contributed by atoms with Crippen LogP contribution in [0.25, 0.3) is 16.9 Å². The normalized spacial score (nSPS) is 12.8. The first kappa shape index (κ1) is 62.1. The molecule has 1 aliphatic heterocycles. The quantitative estimate of drug-likeness (QED) is 0.0359. The van der Waals surface area contributed by atoms with Crippen LogP contribution in [0.2, 0.25) is 10.8 Å². The van der Waals surface area contributed by atoms with Crippen LogP contribution in [0.3, 0.4) is 0 Å². The van der Waals surface area contributed by atoms with E-state index in [0.717, 1.165) is 56.3 Å². The third-order valence-corrected chi connectivity index (χ3v) is 15.8. The van der Waals surface area contributed by atoms with Crippen molar-refractivity contribution in [3.63, 3.8) is 0 Å². The van der Waals surface area contributed by atoms with Crippen LogP contribution < -0.4 is 0 Å². The van der Waals surface area contributed by atoms with E-state index in [1.165, 1.54) is 261 Å². The van der Waals surface area contributed by atoms with Gasteiger partial charge in [-0.1, -0.05) is 106 Å². The molecule has 0 radical (unpaired) electrons. The van der Waals surface area contributed by atoms with Gasteiger partial charge in [-0.25, -0.2) is 4.70 Å². The van der Waals surface area contributed by atoms with Crippen molar-refractivity contribution < 1.29 is 19.1 Å². The molecule has 2 aromatic carbocycles. The van der Waals surface area contributed by atoms with E-state index in [9.17, 15) is 5.53 Å². The fourth-order valence-corrected chi connectivity index (χ4v) is 11.3. The molecule has 0 spiro atoms. The minimum atomic E-state index is 0.993. The Morgan fingerprint density at radius 3 is 0.956 bits per heavy atom. The van der Waals surface area contributed by atoms with Gasteiger partial charge >= 0.3 is 166 Å². The zero-order valence-corrected chi connectivity index (χ0v) is 47.7. The van der Waals surface area contributed by atoms with Crippen molar-refractivity contribution in [1.29, 1.82) is 0 Å². The molecule has 1 heterocycles. The maximum absolute atomic E-state index is 12.1. The van der Waals surface area contributed by atoms with E-state index in [0.29, 0.717) is 0 Å². The summed E-state index contributed by atoms with van der Waals surface area (Å²) in [5, 5.41) is 2.86. The molecule has 2 aromatic rings. The van der Waals surface area contributed by atoms with Crippen LogP contribution in [0.4, 0.5) is 0 Å². The number of unbranched alkanes of at least 4 members (excludes halogenated alkanes) is 27. The molecule has 0 unspecified atom stereocenters. The monoisotopic (exact) mass is 979 g/mol. The first-order valence-electron chi connectivity index (χ1n) is 30.0. The van der Waals surface area contributed by atoms with Gasteiger partial charge in [-0.2, -0.15) is 0 Å². The SMILES string of the molecule is CCCCCCCCCCCC[CH2][Ni][CH2]CCCCCCCCCCCC.CCCCCc1cc(CCCC)cc(C2=C(C)C(CCCC)=C(c3cc(CCCC)cc(CCCCC)c3)[N+]2=[N-])c1. The minimum absolute atomic E-state index is 0.993. The van der Waals surface area contributed by atoms with Gasteiger partial charge in [0.2, 0.25) is 11.4 Å². The average Bonchev–Trinajstić information content (AvgIpc) is 3.60. The smallest absolute Gasteiger partial charge is 0.493 e. The second-order valence-electron chi connectivity index (χ2n) is 21.0. The van der Waals surface area contributed by atoms with Crippen LogP contribution in [0.1, 0.15) is 313 Å². The number of benzene rings is 2. The van der Waals surface area contributed by atoms with Gasteiger partial charge in [0.05, 0.1) is 0 Å². The molecule has 0 aromatic heterocycles. The van der Waals surface area contributed by atoms with Gasteiger partial charge in [0.25, 0.3) is 0 Å². The average molecular weight is 980 g/mol. The molecule has 0 aliphatic carbocycles. The van der Waals surface area contributed by atoms with Crippen molar-refractivity contribution in [3.05, 3.63) is 86.5 Å². The summed E-state index contributed by atoms with van der Waals surface area (Å²) in [7, 11) is 0. The number of hydrogen-bond donors (Lipinski definition) is 0. The Kier molecular flexibility index (Phi) is 39.0. The summed E-state index contributed by atoms with van der Waals surface area (Å²) >= 11 is 2.03. The fraction of sp³-hybridized carbons (Fsp3) is 0.754. The van der Waals surface area contributed by atoms with Crippen LogP contribution in [0.5, 0.6) is 0 Å². The Labute approximate surface area is 431 Å². The molecule has 0 bridgehead atoms. The number of nitrogens with zero attached hydrogens (tertiary/aromatic N) is 2. The zero-order valence-electron chi connectivity index (χ0n) is 46.7. The van der Waals surface area contributed by atoms with Crippen molar-refractivity contribution in [2.45, 2.75) is 317 Å². The van der Waals surface area contributed by atoms with Crippen LogP contribution in [-0.4, -0.2) is 4.70 Å². The third-order valence-electron chi connectivity index (χ3n) is 14.4. The summed E-state index contributed by atoms with van der Waals surface area (Å²) in [5.74, 6) is 0. The molecule has 0 atom stereocenters. The van der Waals surface area contributed by atoms with Gasteiger partial charge in [0.1, 0.15) is 0 Å². The standard InChI is InChI=1S/C39H58N2.2C13H27.Ni/c1-7-12-17-21-33-24-31(19-14-9-3)26-35(27-33)38-30(6)37(23-16-11-5)39(41(38)40)36-28-32(20-15-10-4)25-34(29-36)22-18-13-8-2;2*1-3-5-7-9-11-13-12-10-8-6-4-2;/h24-29H,7-23H2,1-6H3;2*1,3-13H2,2H3;. The second-order valence-corrected chi connectivity index (χ2v) is 22.4. The van der Waals surface area contributed by atoms with Crippen molar-refractivity contribution in [1.82, 2.24) is 0 Å². The van der Waals surface area contributed by atoms with Crippen molar-refractivity contribution >= 4 is 11.4 Å². The van der Waals surface area contributed by atoms with E-state index in [1.807, 2.05) is 14.4 Å². The van der Waals surface area contributed by atoms with Gasteiger partial charge in [0, 0.05) is 22.3 Å². The first-order valence-corrected chi connectivity index (χ1v) is 31.4. The summed E-state index contributed by atoms with van der Waals surface area (Å²) < 4.78 is 1.57. The van der Waals surface area contributed by atoms with Crippen LogP contribution >= 0.6 is 0 Å². The number of aryl methyl sites for hydroxylation is 4. The van der Waals surface area contributed by atoms with Crippen LogP contribution in [0.15, 0.2) is 47.5 Å². The Hall–Kier alpha value is -1.99. The first-order chi connectivity index (χ1) is 33.4. The zero-order chi connectivity index (χ0) is 49.3. The molecule has 0 fully saturated rings. The van der Waals surface area contributed by atoms with Crippen molar-refractivity contribution in [3.8, 4) is 0 Å². The van der Waals surface area contributed by atoms with E-state index in [-0.39, 0.29) is 0 Å². The van der Waals surface area contributed by atoms with Crippen molar-refractivity contribution in [2.24, 2.45) is 0 Å². The number of rotatable bonds is 43. The molecule has 3 heteroatoms. The summed E-state index contributed by atoms with van der Waals surface area (Å²) in [5.41, 5.74) is 24.7. The van der Waals surface area contributed by atoms with Gasteiger partial charge in [0.15, 0.2) is 0 Å². The fourth-order valence-electron chi connectivity index (χ4n) is 10.0. The predicted octanol–water partition coefficient (Wildman–Crippen LogP) is 22.7. The van der Waals surface area contributed by atoms with E-state index in [2.05, 4.69) is 91.8 Å². The molecule has 3 rings (SSSR count). The van der Waals surface area contributed by atoms with Crippen molar-refractivity contribution in [2.75, 3.05) is 0 Å². The Balaban J connectivity index is 0.000000512.